The molecule has 0 saturated heterocycles. The molecule has 0 bridgehead atoms. The van der Waals surface area contributed by atoms with Crippen molar-refractivity contribution < 1.29 is 4.79 Å². The number of hydrogen-bond donors (Lipinski definition) is 1. The van der Waals surface area contributed by atoms with Gasteiger partial charge >= 0.3 is 0 Å². The lowest BCUT2D eigenvalue weighted by atomic mass is 10.1. The Balaban J connectivity index is 1.38. The minimum Gasteiger partial charge on any atom is -0.360 e. The van der Waals surface area contributed by atoms with Crippen LogP contribution >= 0.6 is 23.4 Å². The van der Waals surface area contributed by atoms with Gasteiger partial charge in [-0.25, -0.2) is 0 Å². The summed E-state index contributed by atoms with van der Waals surface area (Å²) in [5.41, 5.74) is 7.64. The van der Waals surface area contributed by atoms with E-state index in [1.807, 2.05) is 92.2 Å². The van der Waals surface area contributed by atoms with E-state index < -0.39 is 0 Å². The van der Waals surface area contributed by atoms with Gasteiger partial charge in [-0.15, -0.1) is 10.2 Å². The number of nitrogens with one attached hydrogen (secondary N) is 1. The molecule has 0 aliphatic heterocycles. The van der Waals surface area contributed by atoms with Crippen molar-refractivity contribution in [2.75, 3.05) is 0 Å². The van der Waals surface area contributed by atoms with Crippen LogP contribution in [0.5, 0.6) is 0 Å². The summed E-state index contributed by atoms with van der Waals surface area (Å²) in [6.07, 6.45) is 1.97. The minimum atomic E-state index is -0.386. The van der Waals surface area contributed by atoms with Crippen molar-refractivity contribution in [2.45, 2.75) is 38.1 Å². The predicted molar refractivity (Wildman–Crippen MR) is 163 cm³/mol. The number of hydrogen-bond acceptors (Lipinski definition) is 4. The lowest BCUT2D eigenvalue weighted by molar-refractivity contribution is 0.0993. The molecule has 200 valence electrons. The smallest absolute Gasteiger partial charge is 0.196 e. The molecule has 0 aliphatic carbocycles. The van der Waals surface area contributed by atoms with Crippen molar-refractivity contribution >= 4 is 40.0 Å². The summed E-state index contributed by atoms with van der Waals surface area (Å²) in [7, 11) is 0. The summed E-state index contributed by atoms with van der Waals surface area (Å²) in [5, 5.41) is 11.2. The van der Waals surface area contributed by atoms with E-state index in [1.54, 1.807) is 0 Å². The summed E-state index contributed by atoms with van der Waals surface area (Å²) in [4.78, 5) is 17.2. The lowest BCUT2D eigenvalue weighted by Crippen LogP contribution is -2.15. The third-order valence-electron chi connectivity index (χ3n) is 7.16. The van der Waals surface area contributed by atoms with Crippen LogP contribution in [0.15, 0.2) is 90.2 Å². The van der Waals surface area contributed by atoms with Crippen molar-refractivity contribution in [1.82, 2.24) is 24.3 Å². The van der Waals surface area contributed by atoms with E-state index in [0.29, 0.717) is 15.7 Å². The van der Waals surface area contributed by atoms with Crippen LogP contribution in [0.4, 0.5) is 0 Å². The van der Waals surface area contributed by atoms with E-state index in [-0.39, 0.29) is 11.0 Å². The van der Waals surface area contributed by atoms with Crippen LogP contribution in [0.3, 0.4) is 0 Å². The summed E-state index contributed by atoms with van der Waals surface area (Å²) in [6, 6.07) is 26.0. The van der Waals surface area contributed by atoms with Gasteiger partial charge in [0.1, 0.15) is 0 Å². The van der Waals surface area contributed by atoms with Gasteiger partial charge in [0, 0.05) is 56.0 Å². The second kappa shape index (κ2) is 10.5. The zero-order valence-corrected chi connectivity index (χ0v) is 24.2. The van der Waals surface area contributed by atoms with Gasteiger partial charge in [-0.2, -0.15) is 0 Å². The maximum Gasteiger partial charge on any atom is 0.196 e. The normalized spacial score (nSPS) is 12.2. The largest absolute Gasteiger partial charge is 0.360 e. The van der Waals surface area contributed by atoms with E-state index in [4.69, 9.17) is 11.6 Å². The van der Waals surface area contributed by atoms with Gasteiger partial charge in [-0.3, -0.25) is 9.36 Å². The zero-order valence-electron chi connectivity index (χ0n) is 22.6. The first-order valence-electron chi connectivity index (χ1n) is 13.1. The standard InChI is InChI=1S/C32H28ClN5OS/c1-19-8-7-9-25(16-19)38-31(28-18-34-29-11-6-5-10-26(28)29)35-36-32(38)40-22(4)30(39)27-17-20(2)37(21(27)3)24-14-12-23(33)13-15-24/h5-18,22,34H,1-4H3/t22-/m0/s1. The van der Waals surface area contributed by atoms with Crippen LogP contribution in [0, 0.1) is 20.8 Å². The molecule has 6 nitrogen and oxygen atoms in total. The number of H-pyrrole nitrogens is 1. The molecule has 6 aromatic rings. The number of carbonyl (C=O) groups is 1. The Kier molecular flexibility index (Phi) is 6.86. The summed E-state index contributed by atoms with van der Waals surface area (Å²) in [6.45, 7) is 7.99. The fourth-order valence-corrected chi connectivity index (χ4v) is 6.27. The monoisotopic (exact) mass is 565 g/mol. The number of carbonyl (C=O) groups excluding carboxylic acids is 1. The minimum absolute atomic E-state index is 0.0470. The molecule has 0 unspecified atom stereocenters. The number of nitrogens with zero attached hydrogens (tertiary/aromatic N) is 4. The van der Waals surface area contributed by atoms with Crippen LogP contribution in [-0.4, -0.2) is 35.3 Å². The van der Waals surface area contributed by atoms with Crippen molar-refractivity contribution in [3.05, 3.63) is 113 Å². The number of halogens is 1. The molecule has 1 N–H and O–H groups in total. The van der Waals surface area contributed by atoms with Crippen molar-refractivity contribution in [3.8, 4) is 22.8 Å². The molecule has 1 atom stereocenters. The van der Waals surface area contributed by atoms with Crippen LogP contribution in [0.2, 0.25) is 5.02 Å². The van der Waals surface area contributed by atoms with Crippen LogP contribution in [0.25, 0.3) is 33.7 Å². The zero-order chi connectivity index (χ0) is 28.0. The van der Waals surface area contributed by atoms with E-state index in [2.05, 4.69) is 44.9 Å². The SMILES string of the molecule is Cc1cccc(-n2c(S[C@@H](C)C(=O)c3cc(C)n(-c4ccc(Cl)cc4)c3C)nnc2-c2c[nH]c3ccccc23)c1. The van der Waals surface area contributed by atoms with Crippen molar-refractivity contribution in [3.63, 3.8) is 0 Å². The molecular weight excluding hydrogens is 538 g/mol. The second-order valence-corrected chi connectivity index (χ2v) is 11.7. The van der Waals surface area contributed by atoms with Gasteiger partial charge in [0.25, 0.3) is 0 Å². The first kappa shape index (κ1) is 26.2. The van der Waals surface area contributed by atoms with E-state index in [1.165, 1.54) is 11.8 Å². The molecule has 0 fully saturated rings. The number of benzene rings is 3. The van der Waals surface area contributed by atoms with Crippen LogP contribution in [0.1, 0.15) is 34.2 Å². The molecule has 0 radical (unpaired) electrons. The maximum absolute atomic E-state index is 13.8. The van der Waals surface area contributed by atoms with E-state index >= 15 is 0 Å². The number of thioether (sulfide) groups is 1. The van der Waals surface area contributed by atoms with Gasteiger partial charge < -0.3 is 9.55 Å². The highest BCUT2D eigenvalue weighted by Gasteiger charge is 2.26. The third-order valence-corrected chi connectivity index (χ3v) is 8.45. The highest BCUT2D eigenvalue weighted by Crippen LogP contribution is 2.35. The number of aryl methyl sites for hydroxylation is 2. The number of fused-ring (bicyclic) bond motifs is 1. The Morgan fingerprint density at radius 1 is 0.900 bits per heavy atom. The molecule has 0 spiro atoms. The van der Waals surface area contributed by atoms with Gasteiger partial charge in [0.05, 0.1) is 5.25 Å². The number of para-hydroxylation sites is 1. The Hall–Kier alpha value is -4.07. The van der Waals surface area contributed by atoms with Gasteiger partial charge in [-0.1, -0.05) is 53.7 Å². The first-order chi connectivity index (χ1) is 19.3. The molecular formula is C32H28ClN5OS. The Bertz CT molecular complexity index is 1860. The Morgan fingerprint density at radius 3 is 2.45 bits per heavy atom. The molecule has 0 amide bonds. The van der Waals surface area contributed by atoms with Crippen LogP contribution < -0.4 is 0 Å². The third kappa shape index (κ3) is 4.65. The average Bonchev–Trinajstić information content (AvgIpc) is 3.64. The number of aromatic amines is 1. The fourth-order valence-electron chi connectivity index (χ4n) is 5.21. The summed E-state index contributed by atoms with van der Waals surface area (Å²) >= 11 is 7.52. The second-order valence-electron chi connectivity index (χ2n) is 9.95. The number of rotatable bonds is 7. The predicted octanol–water partition coefficient (Wildman–Crippen LogP) is 8.15. The van der Waals surface area contributed by atoms with Crippen molar-refractivity contribution in [2.24, 2.45) is 0 Å². The lowest BCUT2D eigenvalue weighted by Gasteiger charge is -2.14. The molecule has 6 rings (SSSR count). The van der Waals surface area contributed by atoms with E-state index in [0.717, 1.165) is 50.6 Å². The van der Waals surface area contributed by atoms with Crippen molar-refractivity contribution in [1.29, 1.82) is 0 Å². The number of aromatic nitrogens is 5. The Labute approximate surface area is 242 Å². The summed E-state index contributed by atoms with van der Waals surface area (Å²) < 4.78 is 4.14. The van der Waals surface area contributed by atoms with Crippen LogP contribution in [-0.2, 0) is 0 Å². The maximum atomic E-state index is 13.8. The molecule has 3 aromatic heterocycles. The first-order valence-corrected chi connectivity index (χ1v) is 14.3. The van der Waals surface area contributed by atoms with Gasteiger partial charge in [0.15, 0.2) is 16.8 Å². The highest BCUT2D eigenvalue weighted by atomic mass is 35.5. The Morgan fingerprint density at radius 2 is 1.68 bits per heavy atom. The summed E-state index contributed by atoms with van der Waals surface area (Å²) in [5.74, 6) is 0.775. The molecule has 0 aliphatic rings. The highest BCUT2D eigenvalue weighted by molar-refractivity contribution is 8.00. The van der Waals surface area contributed by atoms with E-state index in [9.17, 15) is 4.79 Å². The van der Waals surface area contributed by atoms with Gasteiger partial charge in [-0.05, 0) is 81.8 Å². The molecule has 3 aromatic carbocycles. The van der Waals surface area contributed by atoms with Gasteiger partial charge in [0.2, 0.25) is 0 Å². The molecule has 40 heavy (non-hydrogen) atoms. The number of ketones is 1. The average molecular weight is 566 g/mol. The molecule has 3 heterocycles. The molecule has 8 heteroatoms. The molecule has 0 saturated carbocycles. The topological polar surface area (TPSA) is 68.5 Å². The fraction of sp³-hybridized carbons (Fsp3) is 0.156. The quantitative estimate of drug-likeness (QED) is 0.157. The number of Topliss-reactive ketones (excluding diaryl/α,β-unsaturated/α-hetero) is 1.